The van der Waals surface area contributed by atoms with Crippen molar-refractivity contribution >= 4 is 23.4 Å². The number of ether oxygens (including phenoxy) is 1. The molecular formula is C33H49N7O4. The van der Waals surface area contributed by atoms with Gasteiger partial charge in [0.1, 0.15) is 11.9 Å². The van der Waals surface area contributed by atoms with Crippen molar-refractivity contribution in [3.8, 4) is 0 Å². The quantitative estimate of drug-likeness (QED) is 0.539. The van der Waals surface area contributed by atoms with Crippen LogP contribution in [0.5, 0.6) is 0 Å². The Morgan fingerprint density at radius 2 is 1.80 bits per heavy atom. The molecule has 3 saturated heterocycles. The first kappa shape index (κ1) is 32.0. The van der Waals surface area contributed by atoms with E-state index in [1.807, 2.05) is 53.2 Å². The summed E-state index contributed by atoms with van der Waals surface area (Å²) in [6.07, 6.45) is 7.27. The van der Waals surface area contributed by atoms with Gasteiger partial charge in [0.2, 0.25) is 11.8 Å². The Morgan fingerprint density at radius 1 is 1.02 bits per heavy atom. The van der Waals surface area contributed by atoms with Crippen LogP contribution in [0.15, 0.2) is 36.7 Å². The summed E-state index contributed by atoms with van der Waals surface area (Å²) in [7, 11) is 2.01. The van der Waals surface area contributed by atoms with Crippen LogP contribution >= 0.6 is 0 Å². The number of benzene rings is 1. The number of aromatic nitrogens is 2. The summed E-state index contributed by atoms with van der Waals surface area (Å²) in [4.78, 5) is 54.5. The number of aryl methyl sites for hydroxylation is 1. The lowest BCUT2D eigenvalue weighted by Crippen LogP contribution is -2.47. The van der Waals surface area contributed by atoms with E-state index in [0.29, 0.717) is 64.3 Å². The standard InChI is InChI=1S/C33H49N7O4/c1-25(2)21-31(41)39-15-8-14-37(24-30-34-12-16-36(30)3)13-7-6-11-35-32(42)29-22-26(39)23-40(29)33(43)27-9-4-5-10-28(27)38-17-19-44-20-18-38/h4-5,9-10,12,16,25-26,29H,6-8,11,13-15,17-24H2,1-3H3,(H,35,42)/t26-,29-/m0/s1. The van der Waals surface area contributed by atoms with Crippen molar-refractivity contribution in [1.82, 2.24) is 29.6 Å². The monoisotopic (exact) mass is 607 g/mol. The number of likely N-dealkylation sites (tertiary alicyclic amines) is 1. The number of nitrogens with zero attached hydrogens (tertiary/aromatic N) is 6. The van der Waals surface area contributed by atoms with Crippen LogP contribution in [-0.4, -0.2) is 113 Å². The Labute approximate surface area is 261 Å². The SMILES string of the molecule is CC(C)CC(=O)N1CCCN(Cc2nccn2C)CCCCNC(=O)[C@@H]2C[C@H]1CN2C(=O)c1ccccc1N1CCOCC1. The molecule has 0 spiro atoms. The summed E-state index contributed by atoms with van der Waals surface area (Å²) in [6.45, 7) is 10.7. The molecule has 240 valence electrons. The maximum absolute atomic E-state index is 14.3. The maximum Gasteiger partial charge on any atom is 0.256 e. The van der Waals surface area contributed by atoms with Gasteiger partial charge in [-0.15, -0.1) is 0 Å². The molecule has 0 radical (unpaired) electrons. The number of imidazole rings is 1. The van der Waals surface area contributed by atoms with Crippen LogP contribution < -0.4 is 10.2 Å². The van der Waals surface area contributed by atoms with E-state index in [2.05, 4.69) is 33.9 Å². The molecule has 2 aromatic rings. The van der Waals surface area contributed by atoms with Crippen LogP contribution in [0.3, 0.4) is 0 Å². The Kier molecular flexibility index (Phi) is 10.9. The largest absolute Gasteiger partial charge is 0.378 e. The highest BCUT2D eigenvalue weighted by Crippen LogP contribution is 2.30. The van der Waals surface area contributed by atoms with Gasteiger partial charge in [0.25, 0.3) is 5.91 Å². The second-order valence-corrected chi connectivity index (χ2v) is 12.7. The number of anilines is 1. The van der Waals surface area contributed by atoms with E-state index >= 15 is 0 Å². The lowest BCUT2D eigenvalue weighted by atomic mass is 10.1. The summed E-state index contributed by atoms with van der Waals surface area (Å²) in [5, 5.41) is 3.13. The molecule has 11 nitrogen and oxygen atoms in total. The first-order valence-electron chi connectivity index (χ1n) is 16.3. The zero-order chi connectivity index (χ0) is 31.1. The van der Waals surface area contributed by atoms with Crippen LogP contribution in [0.4, 0.5) is 5.69 Å². The fourth-order valence-corrected chi connectivity index (χ4v) is 6.65. The topological polar surface area (TPSA) is 103 Å². The molecule has 44 heavy (non-hydrogen) atoms. The first-order chi connectivity index (χ1) is 21.3. The molecule has 11 heteroatoms. The van der Waals surface area contributed by atoms with Gasteiger partial charge in [-0.2, -0.15) is 0 Å². The van der Waals surface area contributed by atoms with Crippen molar-refractivity contribution in [2.24, 2.45) is 13.0 Å². The summed E-state index contributed by atoms with van der Waals surface area (Å²) >= 11 is 0. The van der Waals surface area contributed by atoms with Crippen LogP contribution in [-0.2, 0) is 27.9 Å². The predicted molar refractivity (Wildman–Crippen MR) is 169 cm³/mol. The molecule has 1 aromatic heterocycles. The van der Waals surface area contributed by atoms with Gasteiger partial charge in [-0.25, -0.2) is 4.98 Å². The molecule has 0 aliphatic carbocycles. The first-order valence-corrected chi connectivity index (χ1v) is 16.3. The summed E-state index contributed by atoms with van der Waals surface area (Å²) in [6, 6.07) is 6.82. The average molecular weight is 608 g/mol. The lowest BCUT2D eigenvalue weighted by Gasteiger charge is -2.32. The third-order valence-corrected chi connectivity index (χ3v) is 9.03. The van der Waals surface area contributed by atoms with E-state index < -0.39 is 6.04 Å². The van der Waals surface area contributed by atoms with E-state index in [9.17, 15) is 14.4 Å². The number of nitrogens with one attached hydrogen (secondary N) is 1. The van der Waals surface area contributed by atoms with Crippen molar-refractivity contribution in [1.29, 1.82) is 0 Å². The van der Waals surface area contributed by atoms with Gasteiger partial charge < -0.3 is 29.3 Å². The number of hydrogen-bond donors (Lipinski definition) is 1. The highest BCUT2D eigenvalue weighted by molar-refractivity contribution is 6.02. The van der Waals surface area contributed by atoms with Crippen molar-refractivity contribution in [3.05, 3.63) is 48.0 Å². The van der Waals surface area contributed by atoms with Crippen LogP contribution in [0.1, 0.15) is 62.1 Å². The number of amides is 3. The number of fused-ring (bicyclic) bond motifs is 2. The Balaban J connectivity index is 1.39. The van der Waals surface area contributed by atoms with Crippen LogP contribution in [0.2, 0.25) is 0 Å². The lowest BCUT2D eigenvalue weighted by molar-refractivity contribution is -0.134. The van der Waals surface area contributed by atoms with Gasteiger partial charge in [0.15, 0.2) is 0 Å². The third-order valence-electron chi connectivity index (χ3n) is 9.03. The Hall–Kier alpha value is -3.44. The molecule has 2 atom stereocenters. The molecule has 0 saturated carbocycles. The minimum Gasteiger partial charge on any atom is -0.378 e. The molecule has 2 bridgehead atoms. The fraction of sp³-hybridized carbons (Fsp3) is 0.636. The van der Waals surface area contributed by atoms with Gasteiger partial charge >= 0.3 is 0 Å². The number of carbonyl (C=O) groups excluding carboxylic acids is 3. The molecule has 3 amide bonds. The van der Waals surface area contributed by atoms with E-state index in [4.69, 9.17) is 4.74 Å². The van der Waals surface area contributed by atoms with Gasteiger partial charge in [0, 0.05) is 70.8 Å². The van der Waals surface area contributed by atoms with Gasteiger partial charge in [-0.05, 0) is 50.3 Å². The normalized spacial score (nSPS) is 22.6. The number of hydrogen-bond acceptors (Lipinski definition) is 7. The predicted octanol–water partition coefficient (Wildman–Crippen LogP) is 2.52. The van der Waals surface area contributed by atoms with Crippen LogP contribution in [0.25, 0.3) is 0 Å². The van der Waals surface area contributed by atoms with Crippen LogP contribution in [0, 0.1) is 5.92 Å². The average Bonchev–Trinajstić information content (AvgIpc) is 3.64. The zero-order valence-corrected chi connectivity index (χ0v) is 26.6. The summed E-state index contributed by atoms with van der Waals surface area (Å²) in [5.41, 5.74) is 1.46. The van der Waals surface area contributed by atoms with Gasteiger partial charge in [-0.1, -0.05) is 26.0 Å². The minimum atomic E-state index is -0.623. The second kappa shape index (κ2) is 15.0. The molecule has 3 aliphatic rings. The molecule has 1 aromatic carbocycles. The fourth-order valence-electron chi connectivity index (χ4n) is 6.65. The number of morpholine rings is 1. The maximum atomic E-state index is 14.3. The molecule has 0 unspecified atom stereocenters. The van der Waals surface area contributed by atoms with E-state index in [-0.39, 0.29) is 29.7 Å². The van der Waals surface area contributed by atoms with Gasteiger partial charge in [0.05, 0.1) is 31.4 Å². The molecule has 3 fully saturated rings. The number of rotatable bonds is 6. The highest BCUT2D eigenvalue weighted by Gasteiger charge is 2.43. The molecule has 5 rings (SSSR count). The number of para-hydroxylation sites is 1. The van der Waals surface area contributed by atoms with E-state index in [0.717, 1.165) is 50.4 Å². The third kappa shape index (κ3) is 7.79. The summed E-state index contributed by atoms with van der Waals surface area (Å²) < 4.78 is 7.59. The molecule has 3 aliphatic heterocycles. The van der Waals surface area contributed by atoms with Gasteiger partial charge in [-0.3, -0.25) is 19.3 Å². The van der Waals surface area contributed by atoms with E-state index in [1.165, 1.54) is 0 Å². The Bertz CT molecular complexity index is 1270. The molecular weight excluding hydrogens is 558 g/mol. The number of carbonyl (C=O) groups is 3. The minimum absolute atomic E-state index is 0.0925. The van der Waals surface area contributed by atoms with E-state index in [1.54, 1.807) is 4.90 Å². The van der Waals surface area contributed by atoms with Crippen molar-refractivity contribution < 1.29 is 19.1 Å². The second-order valence-electron chi connectivity index (χ2n) is 12.7. The highest BCUT2D eigenvalue weighted by atomic mass is 16.5. The smallest absolute Gasteiger partial charge is 0.256 e. The zero-order valence-electron chi connectivity index (χ0n) is 26.6. The molecule has 1 N–H and O–H groups in total. The summed E-state index contributed by atoms with van der Waals surface area (Å²) in [5.74, 6) is 1.03. The Morgan fingerprint density at radius 3 is 2.55 bits per heavy atom. The van der Waals surface area contributed by atoms with Crippen molar-refractivity contribution in [2.75, 3.05) is 63.9 Å². The van der Waals surface area contributed by atoms with Crippen molar-refractivity contribution in [2.45, 2.75) is 64.6 Å². The molecule has 4 heterocycles. The van der Waals surface area contributed by atoms with Crippen molar-refractivity contribution in [3.63, 3.8) is 0 Å².